The number of methoxy groups -OCH3 is 1. The van der Waals surface area contributed by atoms with Crippen LogP contribution in [0.3, 0.4) is 0 Å². The minimum atomic E-state index is -0.635. The number of halogens is 2. The highest BCUT2D eigenvalue weighted by Crippen LogP contribution is 2.26. The Kier molecular flexibility index (Phi) is 4.59. The number of nitrogens with one attached hydrogen (secondary N) is 1. The van der Waals surface area contributed by atoms with E-state index in [2.05, 4.69) is 10.3 Å². The van der Waals surface area contributed by atoms with Crippen molar-refractivity contribution < 1.29 is 13.9 Å². The lowest BCUT2D eigenvalue weighted by atomic mass is 10.2. The molecule has 0 saturated heterocycles. The van der Waals surface area contributed by atoms with Crippen LogP contribution in [0.25, 0.3) is 0 Å². The monoisotopic (exact) mass is 309 g/mol. The zero-order chi connectivity index (χ0) is 15.4. The number of nitrogen functional groups attached to an aromatic ring is 1. The molecule has 5 nitrogen and oxygen atoms in total. The Morgan fingerprint density at radius 3 is 3.00 bits per heavy atom. The summed E-state index contributed by atoms with van der Waals surface area (Å²) in [5.74, 6) is -0.667. The molecule has 0 radical (unpaired) electrons. The topological polar surface area (TPSA) is 77.2 Å². The lowest BCUT2D eigenvalue weighted by molar-refractivity contribution is 0.0951. The molecule has 110 valence electrons. The highest BCUT2D eigenvalue weighted by Gasteiger charge is 2.14. The predicted octanol–water partition coefficient (Wildman–Crippen LogP) is 2.39. The molecule has 1 heterocycles. The Morgan fingerprint density at radius 2 is 2.29 bits per heavy atom. The number of pyridine rings is 1. The van der Waals surface area contributed by atoms with Gasteiger partial charge in [0.2, 0.25) is 0 Å². The summed E-state index contributed by atoms with van der Waals surface area (Å²) in [6.45, 7) is 0.123. The first-order valence-corrected chi connectivity index (χ1v) is 6.41. The molecule has 0 aliphatic heterocycles. The minimum Gasteiger partial charge on any atom is -0.496 e. The zero-order valence-electron chi connectivity index (χ0n) is 11.2. The molecule has 0 spiro atoms. The number of hydrogen-bond donors (Lipinski definition) is 2. The highest BCUT2D eigenvalue weighted by molar-refractivity contribution is 6.31. The molecule has 3 N–H and O–H groups in total. The largest absolute Gasteiger partial charge is 0.496 e. The van der Waals surface area contributed by atoms with E-state index in [-0.39, 0.29) is 17.9 Å². The fourth-order valence-corrected chi connectivity index (χ4v) is 2.03. The second-order valence-electron chi connectivity index (χ2n) is 4.19. The number of nitrogens with two attached hydrogens (primary N) is 1. The second kappa shape index (κ2) is 6.41. The molecule has 2 aromatic rings. The molecule has 0 fully saturated rings. The van der Waals surface area contributed by atoms with Crippen LogP contribution in [-0.2, 0) is 6.54 Å². The highest BCUT2D eigenvalue weighted by atomic mass is 35.5. The Morgan fingerprint density at radius 1 is 1.52 bits per heavy atom. The maximum atomic E-state index is 13.1. The molecule has 0 saturated carbocycles. The van der Waals surface area contributed by atoms with E-state index >= 15 is 0 Å². The van der Waals surface area contributed by atoms with E-state index in [1.165, 1.54) is 7.11 Å². The fraction of sp³-hybridized carbons (Fsp3) is 0.143. The first-order chi connectivity index (χ1) is 10.0. The molecule has 1 aromatic carbocycles. The molecule has 21 heavy (non-hydrogen) atoms. The smallest absolute Gasteiger partial charge is 0.255 e. The van der Waals surface area contributed by atoms with Crippen molar-refractivity contribution in [2.75, 3.05) is 12.8 Å². The van der Waals surface area contributed by atoms with Crippen molar-refractivity contribution in [2.24, 2.45) is 0 Å². The van der Waals surface area contributed by atoms with Crippen LogP contribution in [0.2, 0.25) is 5.02 Å². The lowest BCUT2D eigenvalue weighted by Crippen LogP contribution is -2.24. The van der Waals surface area contributed by atoms with Gasteiger partial charge in [-0.1, -0.05) is 17.7 Å². The molecule has 0 unspecified atom stereocenters. The van der Waals surface area contributed by atoms with Crippen molar-refractivity contribution in [2.45, 2.75) is 6.54 Å². The van der Waals surface area contributed by atoms with Crippen molar-refractivity contribution in [3.05, 3.63) is 52.4 Å². The van der Waals surface area contributed by atoms with Gasteiger partial charge in [-0.25, -0.2) is 9.37 Å². The number of carbonyl (C=O) groups is 1. The van der Waals surface area contributed by atoms with E-state index in [1.54, 1.807) is 18.2 Å². The van der Waals surface area contributed by atoms with Gasteiger partial charge in [0, 0.05) is 17.1 Å². The van der Waals surface area contributed by atoms with Crippen LogP contribution in [-0.4, -0.2) is 18.0 Å². The van der Waals surface area contributed by atoms with Crippen molar-refractivity contribution in [3.8, 4) is 5.75 Å². The van der Waals surface area contributed by atoms with Crippen LogP contribution in [0.4, 0.5) is 10.2 Å². The molecule has 1 amide bonds. The standard InChI is InChI=1S/C14H13ClFN3O2/c1-21-12-4-2-3-11(15)10(12)7-19-14(20)9-5-8(16)6-18-13(9)17/h2-6H,7H2,1H3,(H2,17,18)(H,19,20). The normalized spacial score (nSPS) is 10.2. The molecule has 1 aromatic heterocycles. The summed E-state index contributed by atoms with van der Waals surface area (Å²) in [4.78, 5) is 15.6. The first-order valence-electron chi connectivity index (χ1n) is 6.03. The molecular weight excluding hydrogens is 297 g/mol. The number of benzene rings is 1. The zero-order valence-corrected chi connectivity index (χ0v) is 11.9. The summed E-state index contributed by atoms with van der Waals surface area (Å²) >= 11 is 6.07. The molecule has 0 aliphatic carbocycles. The third-order valence-electron chi connectivity index (χ3n) is 2.85. The SMILES string of the molecule is COc1cccc(Cl)c1CNC(=O)c1cc(F)cnc1N. The summed E-state index contributed by atoms with van der Waals surface area (Å²) in [6.07, 6.45) is 0.948. The summed E-state index contributed by atoms with van der Waals surface area (Å²) < 4.78 is 18.3. The number of nitrogens with zero attached hydrogens (tertiary/aromatic N) is 1. The third kappa shape index (κ3) is 3.41. The summed E-state index contributed by atoms with van der Waals surface area (Å²) in [7, 11) is 1.51. The van der Waals surface area contributed by atoms with E-state index in [0.717, 1.165) is 12.3 Å². The maximum Gasteiger partial charge on any atom is 0.255 e. The average molecular weight is 310 g/mol. The van der Waals surface area contributed by atoms with Crippen molar-refractivity contribution in [1.29, 1.82) is 0 Å². The predicted molar refractivity (Wildman–Crippen MR) is 77.8 cm³/mol. The van der Waals surface area contributed by atoms with Gasteiger partial charge in [0.1, 0.15) is 17.4 Å². The van der Waals surface area contributed by atoms with Gasteiger partial charge in [-0.05, 0) is 18.2 Å². The molecule has 7 heteroatoms. The number of amides is 1. The minimum absolute atomic E-state index is 0.0268. The number of aromatic nitrogens is 1. The van der Waals surface area contributed by atoms with Gasteiger partial charge < -0.3 is 15.8 Å². The van der Waals surface area contributed by atoms with Crippen LogP contribution in [0.1, 0.15) is 15.9 Å². The summed E-state index contributed by atoms with van der Waals surface area (Å²) in [5, 5.41) is 3.07. The van der Waals surface area contributed by atoms with Crippen LogP contribution >= 0.6 is 11.6 Å². The Labute approximate surface area is 125 Å². The van der Waals surface area contributed by atoms with Crippen LogP contribution in [0.5, 0.6) is 5.75 Å². The van der Waals surface area contributed by atoms with Gasteiger partial charge in [0.15, 0.2) is 0 Å². The number of carbonyl (C=O) groups excluding carboxylic acids is 1. The fourth-order valence-electron chi connectivity index (χ4n) is 1.80. The van der Waals surface area contributed by atoms with Gasteiger partial charge in [0.05, 0.1) is 18.9 Å². The molecule has 0 atom stereocenters. The molecular formula is C14H13ClFN3O2. The maximum absolute atomic E-state index is 13.1. The Bertz CT molecular complexity index is 679. The quantitative estimate of drug-likeness (QED) is 0.909. The van der Waals surface area contributed by atoms with Crippen LogP contribution in [0.15, 0.2) is 30.5 Å². The van der Waals surface area contributed by atoms with E-state index in [1.807, 2.05) is 0 Å². The van der Waals surface area contributed by atoms with E-state index < -0.39 is 11.7 Å². The van der Waals surface area contributed by atoms with Crippen molar-refractivity contribution in [3.63, 3.8) is 0 Å². The third-order valence-corrected chi connectivity index (χ3v) is 3.21. The summed E-state index contributed by atoms with van der Waals surface area (Å²) in [6, 6.07) is 6.18. The molecule has 0 bridgehead atoms. The summed E-state index contributed by atoms with van der Waals surface area (Å²) in [5.41, 5.74) is 6.15. The van der Waals surface area contributed by atoms with E-state index in [4.69, 9.17) is 22.1 Å². The first kappa shape index (κ1) is 15.1. The van der Waals surface area contributed by atoms with Crippen LogP contribution in [0, 0.1) is 5.82 Å². The molecule has 0 aliphatic rings. The number of anilines is 1. The van der Waals surface area contributed by atoms with Gasteiger partial charge in [-0.3, -0.25) is 4.79 Å². The second-order valence-corrected chi connectivity index (χ2v) is 4.60. The lowest BCUT2D eigenvalue weighted by Gasteiger charge is -2.12. The Hall–Kier alpha value is -2.34. The number of hydrogen-bond acceptors (Lipinski definition) is 4. The van der Waals surface area contributed by atoms with Gasteiger partial charge in [-0.15, -0.1) is 0 Å². The van der Waals surface area contributed by atoms with Gasteiger partial charge in [-0.2, -0.15) is 0 Å². The average Bonchev–Trinajstić information content (AvgIpc) is 2.47. The van der Waals surface area contributed by atoms with E-state index in [9.17, 15) is 9.18 Å². The van der Waals surface area contributed by atoms with Crippen molar-refractivity contribution >= 4 is 23.3 Å². The van der Waals surface area contributed by atoms with Crippen molar-refractivity contribution in [1.82, 2.24) is 10.3 Å². The number of ether oxygens (including phenoxy) is 1. The van der Waals surface area contributed by atoms with E-state index in [0.29, 0.717) is 16.3 Å². The van der Waals surface area contributed by atoms with Crippen LogP contribution < -0.4 is 15.8 Å². The van der Waals surface area contributed by atoms with Gasteiger partial charge >= 0.3 is 0 Å². The van der Waals surface area contributed by atoms with Gasteiger partial charge in [0.25, 0.3) is 5.91 Å². The number of rotatable bonds is 4. The Balaban J connectivity index is 2.17. The molecule has 2 rings (SSSR count).